The molecule has 128 valence electrons. The van der Waals surface area contributed by atoms with E-state index in [0.717, 1.165) is 28.4 Å². The van der Waals surface area contributed by atoms with Gasteiger partial charge in [-0.25, -0.2) is 0 Å². The summed E-state index contributed by atoms with van der Waals surface area (Å²) in [5.41, 5.74) is 1.62. The Labute approximate surface area is 152 Å². The lowest BCUT2D eigenvalue weighted by Gasteiger charge is -2.49. The fourth-order valence-electron chi connectivity index (χ4n) is 4.12. The van der Waals surface area contributed by atoms with Crippen LogP contribution in [0.2, 0.25) is 0 Å². The van der Waals surface area contributed by atoms with Gasteiger partial charge in [0.2, 0.25) is 0 Å². The zero-order chi connectivity index (χ0) is 17.4. The number of rotatable bonds is 3. The third kappa shape index (κ3) is 3.08. The van der Waals surface area contributed by atoms with E-state index in [1.54, 1.807) is 6.07 Å². The Kier molecular flexibility index (Phi) is 4.32. The Bertz CT molecular complexity index is 827. The average Bonchev–Trinajstić information content (AvgIpc) is 3.15. The molecule has 5 rings (SSSR count). The molecule has 1 aromatic carbocycles. The molecule has 0 saturated carbocycles. The largest absolute Gasteiger partial charge is 0.347 e. The predicted octanol–water partition coefficient (Wildman–Crippen LogP) is 3.50. The van der Waals surface area contributed by atoms with Crippen LogP contribution in [0.1, 0.15) is 35.0 Å². The van der Waals surface area contributed by atoms with E-state index in [1.165, 1.54) is 24.2 Å². The molecule has 4 nitrogen and oxygen atoms in total. The summed E-state index contributed by atoms with van der Waals surface area (Å²) in [5.74, 6) is 0.633. The first kappa shape index (κ1) is 16.3. The highest BCUT2D eigenvalue weighted by atomic mass is 32.1. The number of fused-ring (bicyclic) bond motifs is 3. The number of amides is 1. The zero-order valence-corrected chi connectivity index (χ0v) is 15.1. The van der Waals surface area contributed by atoms with Crippen LogP contribution in [-0.2, 0) is 0 Å². The zero-order valence-electron chi connectivity index (χ0n) is 14.2. The molecule has 2 aromatic rings. The highest BCUT2D eigenvalue weighted by molar-refractivity contribution is 7.17. The Morgan fingerprint density at radius 1 is 1.28 bits per heavy atom. The van der Waals surface area contributed by atoms with Crippen molar-refractivity contribution in [3.8, 4) is 16.5 Å². The maximum Gasteiger partial charge on any atom is 0.261 e. The molecule has 3 aliphatic rings. The fraction of sp³-hybridized carbons (Fsp3) is 0.400. The molecule has 4 heterocycles. The molecule has 3 saturated heterocycles. The normalized spacial score (nSPS) is 27.7. The number of thiophene rings is 1. The van der Waals surface area contributed by atoms with Crippen molar-refractivity contribution in [2.24, 2.45) is 5.92 Å². The number of nitriles is 1. The molecule has 0 spiro atoms. The Morgan fingerprint density at radius 2 is 2.08 bits per heavy atom. The van der Waals surface area contributed by atoms with E-state index < -0.39 is 0 Å². The third-order valence-electron chi connectivity index (χ3n) is 5.58. The van der Waals surface area contributed by atoms with Crippen molar-refractivity contribution in [1.82, 2.24) is 10.2 Å². The van der Waals surface area contributed by atoms with Gasteiger partial charge in [0.1, 0.15) is 0 Å². The van der Waals surface area contributed by atoms with Crippen LogP contribution in [-0.4, -0.2) is 36.0 Å². The monoisotopic (exact) mass is 351 g/mol. The van der Waals surface area contributed by atoms with E-state index in [1.807, 2.05) is 30.3 Å². The van der Waals surface area contributed by atoms with Gasteiger partial charge in [0.05, 0.1) is 16.5 Å². The summed E-state index contributed by atoms with van der Waals surface area (Å²) in [7, 11) is 0. The quantitative estimate of drug-likeness (QED) is 0.921. The van der Waals surface area contributed by atoms with Crippen LogP contribution in [0.5, 0.6) is 0 Å². The fourth-order valence-corrected chi connectivity index (χ4v) is 5.03. The lowest BCUT2D eigenvalue weighted by Crippen LogP contribution is -2.62. The van der Waals surface area contributed by atoms with Gasteiger partial charge in [-0.05, 0) is 68.6 Å². The van der Waals surface area contributed by atoms with Gasteiger partial charge in [-0.2, -0.15) is 5.26 Å². The van der Waals surface area contributed by atoms with Crippen molar-refractivity contribution in [2.75, 3.05) is 13.1 Å². The van der Waals surface area contributed by atoms with Gasteiger partial charge in [-0.3, -0.25) is 9.69 Å². The Hall–Kier alpha value is -2.16. The van der Waals surface area contributed by atoms with E-state index in [9.17, 15) is 4.79 Å². The molecule has 3 aliphatic heterocycles. The van der Waals surface area contributed by atoms with E-state index in [2.05, 4.69) is 23.2 Å². The first-order chi connectivity index (χ1) is 12.2. The summed E-state index contributed by atoms with van der Waals surface area (Å²) < 4.78 is 0. The van der Waals surface area contributed by atoms with Crippen LogP contribution in [0.15, 0.2) is 36.4 Å². The average molecular weight is 351 g/mol. The minimum absolute atomic E-state index is 0.0262. The van der Waals surface area contributed by atoms with Gasteiger partial charge in [0.15, 0.2) is 0 Å². The number of nitrogens with zero attached hydrogens (tertiary/aromatic N) is 2. The molecule has 5 heteroatoms. The van der Waals surface area contributed by atoms with Crippen molar-refractivity contribution in [2.45, 2.75) is 31.8 Å². The molecule has 1 N–H and O–H groups in total. The first-order valence-electron chi connectivity index (χ1n) is 8.81. The van der Waals surface area contributed by atoms with Crippen molar-refractivity contribution in [3.05, 3.63) is 46.8 Å². The second-order valence-electron chi connectivity index (χ2n) is 6.97. The minimum atomic E-state index is 0.0262. The van der Waals surface area contributed by atoms with Crippen LogP contribution in [0, 0.1) is 17.2 Å². The number of hydrogen-bond donors (Lipinski definition) is 1. The smallest absolute Gasteiger partial charge is 0.261 e. The van der Waals surface area contributed by atoms with E-state index in [4.69, 9.17) is 5.26 Å². The molecular weight excluding hydrogens is 330 g/mol. The number of carbonyl (C=O) groups excluding carboxylic acids is 1. The highest BCUT2D eigenvalue weighted by Crippen LogP contribution is 2.33. The maximum absolute atomic E-state index is 12.7. The molecule has 3 fully saturated rings. The summed E-state index contributed by atoms with van der Waals surface area (Å²) in [5, 5.41) is 12.3. The predicted molar refractivity (Wildman–Crippen MR) is 99.5 cm³/mol. The van der Waals surface area contributed by atoms with E-state index >= 15 is 0 Å². The molecule has 2 atom stereocenters. The number of carbonyl (C=O) groups is 1. The summed E-state index contributed by atoms with van der Waals surface area (Å²) in [6, 6.07) is 14.2. The SMILES string of the molecule is CC1C(NC(=O)c2ccc(-c3cccc(C#N)c3)s2)C2CCN1CC2. The topological polar surface area (TPSA) is 56.1 Å². The molecule has 0 radical (unpaired) electrons. The Morgan fingerprint density at radius 3 is 2.80 bits per heavy atom. The highest BCUT2D eigenvalue weighted by Gasteiger charge is 2.40. The number of hydrogen-bond acceptors (Lipinski definition) is 4. The molecule has 25 heavy (non-hydrogen) atoms. The molecular formula is C20H21N3OS. The molecule has 2 bridgehead atoms. The molecule has 1 aromatic heterocycles. The van der Waals surface area contributed by atoms with Crippen LogP contribution in [0.3, 0.4) is 0 Å². The van der Waals surface area contributed by atoms with E-state index in [-0.39, 0.29) is 11.9 Å². The van der Waals surface area contributed by atoms with Gasteiger partial charge in [0.25, 0.3) is 5.91 Å². The van der Waals surface area contributed by atoms with Gasteiger partial charge < -0.3 is 5.32 Å². The standard InChI is InChI=1S/C20H21N3OS/c1-13-19(15-7-9-23(13)10-8-15)22-20(24)18-6-5-17(25-18)16-4-2-3-14(11-16)12-21/h2-6,11,13,15,19H,7-10H2,1H3,(H,22,24). The summed E-state index contributed by atoms with van der Waals surface area (Å²) in [6.45, 7) is 4.55. The van der Waals surface area contributed by atoms with Crippen molar-refractivity contribution < 1.29 is 4.79 Å². The van der Waals surface area contributed by atoms with Gasteiger partial charge in [0, 0.05) is 17.0 Å². The number of nitrogens with one attached hydrogen (secondary N) is 1. The number of piperidine rings is 3. The lowest BCUT2D eigenvalue weighted by molar-refractivity contribution is 0.0218. The first-order valence-corrected chi connectivity index (χ1v) is 9.62. The van der Waals surface area contributed by atoms with Crippen molar-refractivity contribution >= 4 is 17.2 Å². The molecule has 1 amide bonds. The van der Waals surface area contributed by atoms with Gasteiger partial charge >= 0.3 is 0 Å². The second kappa shape index (κ2) is 6.62. The Balaban J connectivity index is 1.50. The lowest BCUT2D eigenvalue weighted by atomic mass is 9.79. The van der Waals surface area contributed by atoms with Crippen LogP contribution < -0.4 is 5.32 Å². The van der Waals surface area contributed by atoms with Crippen LogP contribution >= 0.6 is 11.3 Å². The third-order valence-corrected chi connectivity index (χ3v) is 6.71. The molecule has 0 aliphatic carbocycles. The van der Waals surface area contributed by atoms with Gasteiger partial charge in [-0.15, -0.1) is 11.3 Å². The minimum Gasteiger partial charge on any atom is -0.347 e. The summed E-state index contributed by atoms with van der Waals surface area (Å²) in [4.78, 5) is 17.0. The van der Waals surface area contributed by atoms with Crippen LogP contribution in [0.25, 0.3) is 10.4 Å². The van der Waals surface area contributed by atoms with Crippen molar-refractivity contribution in [1.29, 1.82) is 5.26 Å². The van der Waals surface area contributed by atoms with Crippen LogP contribution in [0.4, 0.5) is 0 Å². The van der Waals surface area contributed by atoms with Crippen molar-refractivity contribution in [3.63, 3.8) is 0 Å². The van der Waals surface area contributed by atoms with E-state index in [0.29, 0.717) is 17.5 Å². The summed E-state index contributed by atoms with van der Waals surface area (Å²) >= 11 is 1.49. The summed E-state index contributed by atoms with van der Waals surface area (Å²) in [6.07, 6.45) is 2.37. The molecule has 2 unspecified atom stereocenters. The maximum atomic E-state index is 12.7. The number of benzene rings is 1. The van der Waals surface area contributed by atoms with Gasteiger partial charge in [-0.1, -0.05) is 12.1 Å². The second-order valence-corrected chi connectivity index (χ2v) is 8.05.